The molecule has 0 aliphatic heterocycles. The zero-order chi connectivity index (χ0) is 14.0. The van der Waals surface area contributed by atoms with Gasteiger partial charge in [0.2, 0.25) is 0 Å². The minimum absolute atomic E-state index is 0.0987. The van der Waals surface area contributed by atoms with Crippen LogP contribution in [0.4, 0.5) is 0 Å². The monoisotopic (exact) mass is 325 g/mol. The standard InChI is InChI=1S/C13H12BrNO4/c1-2-9(13(17)18)15-12(16)10-6-7-4-3-5-8(14)11(7)19-10/h3-6,9H,2H2,1H3,(H,15,16)(H,17,18)/t9-/m1/s1. The Morgan fingerprint density at radius 3 is 2.79 bits per heavy atom. The molecular formula is C13H12BrNO4. The van der Waals surface area contributed by atoms with Crippen LogP contribution in [0.3, 0.4) is 0 Å². The third kappa shape index (κ3) is 2.78. The zero-order valence-electron chi connectivity index (χ0n) is 10.1. The summed E-state index contributed by atoms with van der Waals surface area (Å²) in [5.41, 5.74) is 0.566. The van der Waals surface area contributed by atoms with E-state index in [1.54, 1.807) is 19.1 Å². The highest BCUT2D eigenvalue weighted by atomic mass is 79.9. The van der Waals surface area contributed by atoms with Gasteiger partial charge in [-0.15, -0.1) is 0 Å². The molecule has 2 N–H and O–H groups in total. The summed E-state index contributed by atoms with van der Waals surface area (Å²) in [6, 6.07) is 6.12. The number of fused-ring (bicyclic) bond motifs is 1. The van der Waals surface area contributed by atoms with E-state index in [0.29, 0.717) is 12.0 Å². The van der Waals surface area contributed by atoms with E-state index >= 15 is 0 Å². The highest BCUT2D eigenvalue weighted by molar-refractivity contribution is 9.10. The number of carbonyl (C=O) groups is 2. The molecule has 0 saturated carbocycles. The van der Waals surface area contributed by atoms with Gasteiger partial charge in [0.1, 0.15) is 11.6 Å². The van der Waals surface area contributed by atoms with Gasteiger partial charge in [0.15, 0.2) is 5.76 Å². The van der Waals surface area contributed by atoms with Gasteiger partial charge in [-0.05, 0) is 34.5 Å². The third-order valence-corrected chi connectivity index (χ3v) is 3.36. The molecule has 2 aromatic rings. The maximum Gasteiger partial charge on any atom is 0.326 e. The first-order valence-corrected chi connectivity index (χ1v) is 6.54. The summed E-state index contributed by atoms with van der Waals surface area (Å²) in [7, 11) is 0. The minimum Gasteiger partial charge on any atom is -0.480 e. The van der Waals surface area contributed by atoms with E-state index in [9.17, 15) is 9.59 Å². The lowest BCUT2D eigenvalue weighted by molar-refractivity contribution is -0.139. The molecule has 1 aromatic heterocycles. The number of furan rings is 1. The van der Waals surface area contributed by atoms with Gasteiger partial charge in [-0.25, -0.2) is 4.79 Å². The number of rotatable bonds is 4. The number of hydrogen-bond acceptors (Lipinski definition) is 3. The second-order valence-electron chi connectivity index (χ2n) is 4.04. The molecule has 0 radical (unpaired) electrons. The van der Waals surface area contributed by atoms with Crippen molar-refractivity contribution < 1.29 is 19.1 Å². The SMILES string of the molecule is CC[C@@H](NC(=O)c1cc2cccc(Br)c2o1)C(=O)O. The molecular weight excluding hydrogens is 314 g/mol. The molecule has 0 bridgehead atoms. The quantitative estimate of drug-likeness (QED) is 0.905. The normalized spacial score (nSPS) is 12.3. The molecule has 0 saturated heterocycles. The van der Waals surface area contributed by atoms with Crippen LogP contribution in [0.5, 0.6) is 0 Å². The van der Waals surface area contributed by atoms with Crippen molar-refractivity contribution in [3.05, 3.63) is 34.5 Å². The molecule has 0 fully saturated rings. The number of para-hydroxylation sites is 1. The van der Waals surface area contributed by atoms with Gasteiger partial charge in [-0.1, -0.05) is 19.1 Å². The molecule has 6 heteroatoms. The van der Waals surface area contributed by atoms with E-state index in [4.69, 9.17) is 9.52 Å². The Hall–Kier alpha value is -1.82. The summed E-state index contributed by atoms with van der Waals surface area (Å²) in [5, 5.41) is 12.1. The van der Waals surface area contributed by atoms with E-state index in [-0.39, 0.29) is 5.76 Å². The van der Waals surface area contributed by atoms with Crippen LogP contribution in [0.25, 0.3) is 11.0 Å². The van der Waals surface area contributed by atoms with Gasteiger partial charge >= 0.3 is 5.97 Å². The third-order valence-electron chi connectivity index (χ3n) is 2.73. The molecule has 0 aliphatic carbocycles. The van der Waals surface area contributed by atoms with E-state index in [1.807, 2.05) is 12.1 Å². The number of halogens is 1. The molecule has 1 aromatic carbocycles. The molecule has 0 unspecified atom stereocenters. The number of nitrogens with one attached hydrogen (secondary N) is 1. The van der Waals surface area contributed by atoms with Crippen LogP contribution in [0.15, 0.2) is 33.2 Å². The Morgan fingerprint density at radius 2 is 2.21 bits per heavy atom. The van der Waals surface area contributed by atoms with Crippen LogP contribution in [0.1, 0.15) is 23.9 Å². The lowest BCUT2D eigenvalue weighted by atomic mass is 10.2. The highest BCUT2D eigenvalue weighted by Crippen LogP contribution is 2.26. The van der Waals surface area contributed by atoms with Crippen molar-refractivity contribution >= 4 is 38.8 Å². The largest absolute Gasteiger partial charge is 0.480 e. The summed E-state index contributed by atoms with van der Waals surface area (Å²) in [6.45, 7) is 1.69. The van der Waals surface area contributed by atoms with E-state index in [1.165, 1.54) is 0 Å². The van der Waals surface area contributed by atoms with Gasteiger partial charge < -0.3 is 14.8 Å². The van der Waals surface area contributed by atoms with Gasteiger partial charge in [0.05, 0.1) is 4.47 Å². The van der Waals surface area contributed by atoms with Crippen molar-refractivity contribution in [1.29, 1.82) is 0 Å². The summed E-state index contributed by atoms with van der Waals surface area (Å²) < 4.78 is 6.18. The Kier molecular flexibility index (Phi) is 3.90. The van der Waals surface area contributed by atoms with E-state index < -0.39 is 17.9 Å². The van der Waals surface area contributed by atoms with Gasteiger partial charge in [0, 0.05) is 5.39 Å². The zero-order valence-corrected chi connectivity index (χ0v) is 11.7. The summed E-state index contributed by atoms with van der Waals surface area (Å²) in [4.78, 5) is 22.8. The average molecular weight is 326 g/mol. The fraction of sp³-hybridized carbons (Fsp3) is 0.231. The van der Waals surface area contributed by atoms with Crippen LogP contribution in [0, 0.1) is 0 Å². The van der Waals surface area contributed by atoms with Crippen molar-refractivity contribution in [3.63, 3.8) is 0 Å². The average Bonchev–Trinajstić information content (AvgIpc) is 2.80. The van der Waals surface area contributed by atoms with Crippen LogP contribution in [-0.4, -0.2) is 23.0 Å². The number of aliphatic carboxylic acids is 1. The van der Waals surface area contributed by atoms with E-state index in [2.05, 4.69) is 21.2 Å². The van der Waals surface area contributed by atoms with Crippen LogP contribution in [-0.2, 0) is 4.79 Å². The highest BCUT2D eigenvalue weighted by Gasteiger charge is 2.21. The topological polar surface area (TPSA) is 79.5 Å². The van der Waals surface area contributed by atoms with Crippen molar-refractivity contribution in [2.24, 2.45) is 0 Å². The molecule has 1 atom stereocenters. The Labute approximate surface area is 117 Å². The Bertz CT molecular complexity index is 635. The first-order valence-electron chi connectivity index (χ1n) is 5.74. The molecule has 19 heavy (non-hydrogen) atoms. The van der Waals surface area contributed by atoms with Crippen LogP contribution < -0.4 is 5.32 Å². The van der Waals surface area contributed by atoms with Gasteiger partial charge in [-0.2, -0.15) is 0 Å². The number of carboxylic acids is 1. The van der Waals surface area contributed by atoms with Gasteiger partial charge in [0.25, 0.3) is 5.91 Å². The van der Waals surface area contributed by atoms with Crippen molar-refractivity contribution in [2.45, 2.75) is 19.4 Å². The van der Waals surface area contributed by atoms with Crippen molar-refractivity contribution in [2.75, 3.05) is 0 Å². The predicted octanol–water partition coefficient (Wildman–Crippen LogP) is 2.79. The molecule has 0 aliphatic rings. The fourth-order valence-corrected chi connectivity index (χ4v) is 2.17. The Morgan fingerprint density at radius 1 is 1.47 bits per heavy atom. The predicted molar refractivity (Wildman–Crippen MR) is 73.1 cm³/mol. The maximum atomic E-state index is 11.9. The van der Waals surface area contributed by atoms with Gasteiger partial charge in [-0.3, -0.25) is 4.79 Å². The fourth-order valence-electron chi connectivity index (χ4n) is 1.71. The number of carbonyl (C=O) groups excluding carboxylic acids is 1. The first kappa shape index (κ1) is 13.6. The number of amides is 1. The molecule has 100 valence electrons. The summed E-state index contributed by atoms with van der Waals surface area (Å²) in [6.07, 6.45) is 0.311. The summed E-state index contributed by atoms with van der Waals surface area (Å²) in [5.74, 6) is -1.49. The molecule has 2 rings (SSSR count). The second-order valence-corrected chi connectivity index (χ2v) is 4.90. The van der Waals surface area contributed by atoms with Crippen molar-refractivity contribution in [3.8, 4) is 0 Å². The molecule has 5 nitrogen and oxygen atoms in total. The van der Waals surface area contributed by atoms with Crippen molar-refractivity contribution in [1.82, 2.24) is 5.32 Å². The Balaban J connectivity index is 2.27. The summed E-state index contributed by atoms with van der Waals surface area (Å²) >= 11 is 3.33. The first-order chi connectivity index (χ1) is 9.02. The van der Waals surface area contributed by atoms with Crippen LogP contribution in [0.2, 0.25) is 0 Å². The number of hydrogen-bond donors (Lipinski definition) is 2. The van der Waals surface area contributed by atoms with E-state index in [0.717, 1.165) is 9.86 Å². The lowest BCUT2D eigenvalue weighted by Crippen LogP contribution is -2.40. The lowest BCUT2D eigenvalue weighted by Gasteiger charge is -2.10. The number of benzene rings is 1. The van der Waals surface area contributed by atoms with Crippen LogP contribution >= 0.6 is 15.9 Å². The smallest absolute Gasteiger partial charge is 0.326 e. The molecule has 1 amide bonds. The minimum atomic E-state index is -1.06. The molecule has 0 spiro atoms. The second kappa shape index (κ2) is 5.44. The molecule has 1 heterocycles. The maximum absolute atomic E-state index is 11.9. The number of carboxylic acid groups (broad SMARTS) is 1.